The maximum Gasteiger partial charge on any atom is 0.126 e. The van der Waals surface area contributed by atoms with Crippen LogP contribution in [0.15, 0.2) is 66.7 Å². The number of hydrogen-bond donors (Lipinski definition) is 1. The van der Waals surface area contributed by atoms with E-state index in [4.69, 9.17) is 0 Å². The lowest BCUT2D eigenvalue weighted by Gasteiger charge is -2.37. The fourth-order valence-corrected chi connectivity index (χ4v) is 5.30. The summed E-state index contributed by atoms with van der Waals surface area (Å²) in [5.74, 6) is -2.35. The van der Waals surface area contributed by atoms with Crippen molar-refractivity contribution < 1.29 is 22.7 Å². The summed E-state index contributed by atoms with van der Waals surface area (Å²) >= 11 is 0. The van der Waals surface area contributed by atoms with E-state index in [1.165, 1.54) is 24.3 Å². The molecule has 1 saturated heterocycles. The van der Waals surface area contributed by atoms with Crippen LogP contribution in [0.3, 0.4) is 0 Å². The largest absolute Gasteiger partial charge is 0.394 e. The average molecular weight is 472 g/mol. The van der Waals surface area contributed by atoms with Crippen molar-refractivity contribution in [3.05, 3.63) is 107 Å². The van der Waals surface area contributed by atoms with Gasteiger partial charge in [0.15, 0.2) is 0 Å². The highest BCUT2D eigenvalue weighted by molar-refractivity contribution is 5.22. The Balaban J connectivity index is 1.53. The van der Waals surface area contributed by atoms with Crippen molar-refractivity contribution in [2.75, 3.05) is 6.61 Å². The summed E-state index contributed by atoms with van der Waals surface area (Å²) in [5.41, 5.74) is 2.21. The van der Waals surface area contributed by atoms with Gasteiger partial charge in [-0.3, -0.25) is 4.90 Å². The monoisotopic (exact) mass is 471 g/mol. The van der Waals surface area contributed by atoms with E-state index in [1.54, 1.807) is 0 Å². The van der Waals surface area contributed by atoms with Crippen molar-refractivity contribution in [1.82, 2.24) is 4.90 Å². The van der Waals surface area contributed by atoms with Crippen LogP contribution in [-0.2, 0) is 12.8 Å². The third-order valence-corrected chi connectivity index (χ3v) is 6.77. The summed E-state index contributed by atoms with van der Waals surface area (Å²) in [6.07, 6.45) is 4.18. The van der Waals surface area contributed by atoms with Crippen LogP contribution in [0.4, 0.5) is 17.6 Å². The molecule has 0 radical (unpaired) electrons. The molecule has 6 heteroatoms. The van der Waals surface area contributed by atoms with Crippen LogP contribution in [-0.4, -0.2) is 28.7 Å². The lowest BCUT2D eigenvalue weighted by molar-refractivity contribution is 0.0706. The van der Waals surface area contributed by atoms with Crippen molar-refractivity contribution in [2.24, 2.45) is 0 Å². The molecule has 0 bridgehead atoms. The Kier molecular flexibility index (Phi) is 8.01. The van der Waals surface area contributed by atoms with Crippen molar-refractivity contribution in [2.45, 2.75) is 56.7 Å². The highest BCUT2D eigenvalue weighted by Crippen LogP contribution is 2.37. The molecule has 0 saturated carbocycles. The van der Waals surface area contributed by atoms with Gasteiger partial charge in [0.25, 0.3) is 0 Å². The predicted molar refractivity (Wildman–Crippen MR) is 124 cm³/mol. The standard InChI is InChI=1S/C28H29F4NO/c29-22-12-19(13-23(30)16-22)6-8-26-10-11-27(9-7-20-14-24(31)17-25(32)15-20)33(26)28(18-34)21-4-2-1-3-5-21/h1-5,12-17,26-28,34H,6-11,18H2/t26-,27-,28+/m1/s1. The molecule has 1 aliphatic heterocycles. The van der Waals surface area contributed by atoms with Crippen LogP contribution in [0, 0.1) is 23.3 Å². The summed E-state index contributed by atoms with van der Waals surface area (Å²) < 4.78 is 54.6. The Morgan fingerprint density at radius 1 is 0.706 bits per heavy atom. The van der Waals surface area contributed by atoms with Gasteiger partial charge in [0.1, 0.15) is 23.3 Å². The molecule has 0 aromatic heterocycles. The van der Waals surface area contributed by atoms with Gasteiger partial charge in [-0.1, -0.05) is 30.3 Å². The molecule has 4 rings (SSSR count). The summed E-state index contributed by atoms with van der Waals surface area (Å²) in [4.78, 5) is 2.31. The van der Waals surface area contributed by atoms with E-state index in [0.717, 1.165) is 30.5 Å². The first kappa shape index (κ1) is 24.4. The number of nitrogens with zero attached hydrogens (tertiary/aromatic N) is 1. The fraction of sp³-hybridized carbons (Fsp3) is 0.357. The Morgan fingerprint density at radius 2 is 1.15 bits per heavy atom. The number of aliphatic hydroxyl groups excluding tert-OH is 1. The maximum atomic E-state index is 13.7. The summed E-state index contributed by atoms with van der Waals surface area (Å²) in [5, 5.41) is 10.4. The van der Waals surface area contributed by atoms with E-state index in [2.05, 4.69) is 4.90 Å². The van der Waals surface area contributed by atoms with Gasteiger partial charge in [-0.2, -0.15) is 0 Å². The number of benzene rings is 3. The molecule has 2 nitrogen and oxygen atoms in total. The van der Waals surface area contributed by atoms with Crippen molar-refractivity contribution in [3.63, 3.8) is 0 Å². The van der Waals surface area contributed by atoms with Gasteiger partial charge >= 0.3 is 0 Å². The predicted octanol–water partition coefficient (Wildman–Crippen LogP) is 6.38. The molecule has 0 unspecified atom stereocenters. The average Bonchev–Trinajstić information content (AvgIpc) is 3.19. The molecule has 180 valence electrons. The smallest absolute Gasteiger partial charge is 0.126 e. The molecular weight excluding hydrogens is 442 g/mol. The molecule has 0 amide bonds. The van der Waals surface area contributed by atoms with Gasteiger partial charge in [0.05, 0.1) is 12.6 Å². The van der Waals surface area contributed by atoms with Crippen LogP contribution in [0.5, 0.6) is 0 Å². The molecule has 3 atom stereocenters. The van der Waals surface area contributed by atoms with Crippen molar-refractivity contribution >= 4 is 0 Å². The highest BCUT2D eigenvalue weighted by atomic mass is 19.1. The first-order chi connectivity index (χ1) is 16.4. The van der Waals surface area contributed by atoms with Gasteiger partial charge in [-0.25, -0.2) is 17.6 Å². The van der Waals surface area contributed by atoms with Crippen LogP contribution in [0.2, 0.25) is 0 Å². The van der Waals surface area contributed by atoms with E-state index in [9.17, 15) is 22.7 Å². The Hall–Kier alpha value is -2.70. The molecule has 1 fully saturated rings. The van der Waals surface area contributed by atoms with Gasteiger partial charge in [0.2, 0.25) is 0 Å². The number of aryl methyl sites for hydroxylation is 2. The van der Waals surface area contributed by atoms with Gasteiger partial charge in [-0.05, 0) is 79.5 Å². The SMILES string of the molecule is OC[C@@H](c1ccccc1)N1[C@H](CCc2cc(F)cc(F)c2)CC[C@H]1CCc1cc(F)cc(F)c1. The number of aliphatic hydroxyl groups is 1. The molecule has 1 N–H and O–H groups in total. The lowest BCUT2D eigenvalue weighted by Crippen LogP contribution is -2.41. The maximum absolute atomic E-state index is 13.7. The second kappa shape index (κ2) is 11.2. The zero-order valence-corrected chi connectivity index (χ0v) is 18.9. The first-order valence-corrected chi connectivity index (χ1v) is 11.8. The zero-order chi connectivity index (χ0) is 24.1. The fourth-order valence-electron chi connectivity index (χ4n) is 5.30. The second-order valence-electron chi connectivity index (χ2n) is 9.07. The van der Waals surface area contributed by atoms with Crippen molar-refractivity contribution in [3.8, 4) is 0 Å². The lowest BCUT2D eigenvalue weighted by atomic mass is 9.99. The quantitative estimate of drug-likeness (QED) is 0.366. The topological polar surface area (TPSA) is 23.5 Å². The molecule has 0 aliphatic carbocycles. The third kappa shape index (κ3) is 6.05. The minimum absolute atomic E-state index is 0.0692. The van der Waals surface area contributed by atoms with E-state index >= 15 is 0 Å². The van der Waals surface area contributed by atoms with Crippen LogP contribution >= 0.6 is 0 Å². The summed E-state index contributed by atoms with van der Waals surface area (Å²) in [6.45, 7) is -0.0692. The van der Waals surface area contributed by atoms with Gasteiger partial charge < -0.3 is 5.11 Å². The molecule has 3 aromatic rings. The summed E-state index contributed by atoms with van der Waals surface area (Å²) in [6, 6.07) is 16.9. The second-order valence-corrected chi connectivity index (χ2v) is 9.07. The number of rotatable bonds is 9. The zero-order valence-electron chi connectivity index (χ0n) is 18.9. The Bertz CT molecular complexity index is 987. The van der Waals surface area contributed by atoms with Crippen LogP contribution in [0.25, 0.3) is 0 Å². The van der Waals surface area contributed by atoms with Crippen molar-refractivity contribution in [1.29, 1.82) is 0 Å². The van der Waals surface area contributed by atoms with E-state index < -0.39 is 23.3 Å². The first-order valence-electron chi connectivity index (χ1n) is 11.8. The van der Waals surface area contributed by atoms with E-state index in [0.29, 0.717) is 36.8 Å². The van der Waals surface area contributed by atoms with E-state index in [-0.39, 0.29) is 24.7 Å². The van der Waals surface area contributed by atoms with Gasteiger partial charge in [-0.15, -0.1) is 0 Å². The normalized spacial score (nSPS) is 19.4. The molecule has 0 spiro atoms. The number of halogens is 4. The Labute approximate surface area is 197 Å². The molecule has 1 heterocycles. The molecule has 1 aliphatic rings. The third-order valence-electron chi connectivity index (χ3n) is 6.77. The molecule has 3 aromatic carbocycles. The minimum Gasteiger partial charge on any atom is -0.394 e. The van der Waals surface area contributed by atoms with Crippen LogP contribution < -0.4 is 0 Å². The molecule has 34 heavy (non-hydrogen) atoms. The molecular formula is C28H29F4NO. The minimum atomic E-state index is -0.587. The number of hydrogen-bond acceptors (Lipinski definition) is 2. The van der Waals surface area contributed by atoms with Gasteiger partial charge in [0, 0.05) is 24.2 Å². The Morgan fingerprint density at radius 3 is 1.56 bits per heavy atom. The number of likely N-dealkylation sites (tertiary alicyclic amines) is 1. The van der Waals surface area contributed by atoms with E-state index in [1.807, 2.05) is 30.3 Å². The summed E-state index contributed by atoms with van der Waals surface area (Å²) in [7, 11) is 0. The van der Waals surface area contributed by atoms with Crippen LogP contribution in [0.1, 0.15) is 48.4 Å². The highest BCUT2D eigenvalue weighted by Gasteiger charge is 2.38.